The number of hydrogen-bond acceptors (Lipinski definition) is 3. The predicted molar refractivity (Wildman–Crippen MR) is 57.3 cm³/mol. The van der Waals surface area contributed by atoms with Crippen LogP contribution in [0.3, 0.4) is 0 Å². The Hall–Kier alpha value is -1.10. The molecule has 1 atom stereocenters. The SMILES string of the molecule is CCCNC(=O)CNC1CCN(C)C1=O. The zero-order valence-corrected chi connectivity index (χ0v) is 9.38. The minimum absolute atomic E-state index is 0.0424. The molecule has 0 aromatic carbocycles. The highest BCUT2D eigenvalue weighted by Gasteiger charge is 2.28. The number of nitrogens with zero attached hydrogens (tertiary/aromatic N) is 1. The Morgan fingerprint density at radius 2 is 2.33 bits per heavy atom. The number of likely N-dealkylation sites (tertiary alicyclic amines) is 1. The quantitative estimate of drug-likeness (QED) is 0.637. The molecule has 0 bridgehead atoms. The van der Waals surface area contributed by atoms with E-state index in [0.29, 0.717) is 6.54 Å². The lowest BCUT2D eigenvalue weighted by Crippen LogP contribution is -2.42. The number of hydrogen-bond donors (Lipinski definition) is 2. The molecule has 1 aliphatic heterocycles. The van der Waals surface area contributed by atoms with E-state index < -0.39 is 0 Å². The lowest BCUT2D eigenvalue weighted by molar-refractivity contribution is -0.128. The van der Waals surface area contributed by atoms with Crippen LogP contribution >= 0.6 is 0 Å². The lowest BCUT2D eigenvalue weighted by atomic mass is 10.2. The van der Waals surface area contributed by atoms with Crippen LogP contribution in [0.5, 0.6) is 0 Å². The van der Waals surface area contributed by atoms with Crippen molar-refractivity contribution in [3.8, 4) is 0 Å². The molecule has 0 aliphatic carbocycles. The van der Waals surface area contributed by atoms with Crippen molar-refractivity contribution in [1.29, 1.82) is 0 Å². The van der Waals surface area contributed by atoms with Gasteiger partial charge >= 0.3 is 0 Å². The van der Waals surface area contributed by atoms with Gasteiger partial charge in [-0.25, -0.2) is 0 Å². The molecular formula is C10H19N3O2. The fourth-order valence-electron chi connectivity index (χ4n) is 1.55. The number of carbonyl (C=O) groups excluding carboxylic acids is 2. The third-order valence-electron chi connectivity index (χ3n) is 2.51. The third-order valence-corrected chi connectivity index (χ3v) is 2.51. The standard InChI is InChI=1S/C10H19N3O2/c1-3-5-11-9(14)7-12-8-4-6-13(2)10(8)15/h8,12H,3-7H2,1-2H3,(H,11,14). The van der Waals surface area contributed by atoms with E-state index in [1.165, 1.54) is 0 Å². The molecule has 5 heteroatoms. The van der Waals surface area contributed by atoms with E-state index >= 15 is 0 Å². The zero-order valence-electron chi connectivity index (χ0n) is 9.38. The fraction of sp³-hybridized carbons (Fsp3) is 0.800. The van der Waals surface area contributed by atoms with Gasteiger partial charge in [0.1, 0.15) is 0 Å². The largest absolute Gasteiger partial charge is 0.355 e. The lowest BCUT2D eigenvalue weighted by Gasteiger charge is -2.11. The molecule has 1 heterocycles. The predicted octanol–water partition coefficient (Wildman–Crippen LogP) is -0.667. The molecule has 15 heavy (non-hydrogen) atoms. The van der Waals surface area contributed by atoms with Gasteiger partial charge < -0.3 is 10.2 Å². The maximum absolute atomic E-state index is 11.5. The first-order chi connectivity index (χ1) is 7.15. The zero-order chi connectivity index (χ0) is 11.3. The summed E-state index contributed by atoms with van der Waals surface area (Å²) in [6.45, 7) is 3.69. The Morgan fingerprint density at radius 1 is 1.60 bits per heavy atom. The van der Waals surface area contributed by atoms with E-state index in [1.54, 1.807) is 11.9 Å². The van der Waals surface area contributed by atoms with E-state index in [9.17, 15) is 9.59 Å². The van der Waals surface area contributed by atoms with Crippen LogP contribution in [0.25, 0.3) is 0 Å². The monoisotopic (exact) mass is 213 g/mol. The van der Waals surface area contributed by atoms with Crippen LogP contribution in [0, 0.1) is 0 Å². The van der Waals surface area contributed by atoms with E-state index in [0.717, 1.165) is 19.4 Å². The second-order valence-electron chi connectivity index (χ2n) is 3.83. The van der Waals surface area contributed by atoms with Gasteiger partial charge in [0.15, 0.2) is 0 Å². The van der Waals surface area contributed by atoms with Gasteiger partial charge in [-0.3, -0.25) is 14.9 Å². The molecule has 0 spiro atoms. The Kier molecular flexibility index (Phi) is 4.55. The summed E-state index contributed by atoms with van der Waals surface area (Å²) in [6.07, 6.45) is 1.72. The van der Waals surface area contributed by atoms with E-state index in [-0.39, 0.29) is 24.4 Å². The molecule has 2 N–H and O–H groups in total. The first-order valence-corrected chi connectivity index (χ1v) is 5.40. The fourth-order valence-corrected chi connectivity index (χ4v) is 1.55. The third kappa shape index (κ3) is 3.51. The van der Waals surface area contributed by atoms with Crippen LogP contribution < -0.4 is 10.6 Å². The topological polar surface area (TPSA) is 61.4 Å². The van der Waals surface area contributed by atoms with Gasteiger partial charge in [-0.2, -0.15) is 0 Å². The highest BCUT2D eigenvalue weighted by Crippen LogP contribution is 2.07. The van der Waals surface area contributed by atoms with Gasteiger partial charge in [0.25, 0.3) is 0 Å². The second kappa shape index (κ2) is 5.70. The van der Waals surface area contributed by atoms with Crippen LogP contribution in [-0.2, 0) is 9.59 Å². The molecule has 86 valence electrons. The first kappa shape index (κ1) is 12.0. The number of carbonyl (C=O) groups is 2. The van der Waals surface area contributed by atoms with Crippen LogP contribution in [-0.4, -0.2) is 49.4 Å². The maximum atomic E-state index is 11.5. The van der Waals surface area contributed by atoms with E-state index in [1.807, 2.05) is 6.92 Å². The molecule has 1 saturated heterocycles. The molecule has 0 aromatic rings. The Morgan fingerprint density at radius 3 is 2.87 bits per heavy atom. The summed E-state index contributed by atoms with van der Waals surface area (Å²) in [5.41, 5.74) is 0. The van der Waals surface area contributed by atoms with Crippen molar-refractivity contribution in [2.24, 2.45) is 0 Å². The molecule has 0 saturated carbocycles. The number of rotatable bonds is 5. The molecule has 1 unspecified atom stereocenters. The summed E-state index contributed by atoms with van der Waals surface area (Å²) in [6, 6.07) is -0.178. The molecule has 1 fully saturated rings. The maximum Gasteiger partial charge on any atom is 0.239 e. The number of amides is 2. The normalized spacial score (nSPS) is 20.8. The molecule has 0 aromatic heterocycles. The summed E-state index contributed by atoms with van der Waals surface area (Å²) in [7, 11) is 1.78. The molecule has 0 radical (unpaired) electrons. The minimum atomic E-state index is -0.178. The van der Waals surface area contributed by atoms with Gasteiger partial charge in [-0.1, -0.05) is 6.92 Å². The van der Waals surface area contributed by atoms with E-state index in [4.69, 9.17) is 0 Å². The van der Waals surface area contributed by atoms with Crippen molar-refractivity contribution in [2.45, 2.75) is 25.8 Å². The summed E-state index contributed by atoms with van der Waals surface area (Å²) in [5, 5.41) is 5.72. The molecular weight excluding hydrogens is 194 g/mol. The highest BCUT2D eigenvalue weighted by molar-refractivity contribution is 5.85. The molecule has 2 amide bonds. The van der Waals surface area contributed by atoms with Crippen molar-refractivity contribution in [3.63, 3.8) is 0 Å². The Labute approximate surface area is 90.2 Å². The average Bonchev–Trinajstić information content (AvgIpc) is 2.54. The highest BCUT2D eigenvalue weighted by atomic mass is 16.2. The Balaban J connectivity index is 2.20. The average molecular weight is 213 g/mol. The van der Waals surface area contributed by atoms with Gasteiger partial charge in [-0.15, -0.1) is 0 Å². The van der Waals surface area contributed by atoms with Crippen LogP contribution in [0.2, 0.25) is 0 Å². The summed E-state index contributed by atoms with van der Waals surface area (Å²) >= 11 is 0. The minimum Gasteiger partial charge on any atom is -0.355 e. The summed E-state index contributed by atoms with van der Waals surface area (Å²) < 4.78 is 0. The van der Waals surface area contributed by atoms with Crippen molar-refractivity contribution >= 4 is 11.8 Å². The number of likely N-dealkylation sites (N-methyl/N-ethyl adjacent to an activating group) is 1. The Bertz CT molecular complexity index is 243. The van der Waals surface area contributed by atoms with Crippen LogP contribution in [0.4, 0.5) is 0 Å². The van der Waals surface area contributed by atoms with Gasteiger partial charge in [0.05, 0.1) is 12.6 Å². The van der Waals surface area contributed by atoms with Crippen molar-refractivity contribution in [3.05, 3.63) is 0 Å². The van der Waals surface area contributed by atoms with Gasteiger partial charge in [0.2, 0.25) is 11.8 Å². The van der Waals surface area contributed by atoms with Crippen molar-refractivity contribution in [2.75, 3.05) is 26.7 Å². The number of nitrogens with one attached hydrogen (secondary N) is 2. The van der Waals surface area contributed by atoms with Crippen LogP contribution in [0.1, 0.15) is 19.8 Å². The van der Waals surface area contributed by atoms with Crippen LogP contribution in [0.15, 0.2) is 0 Å². The van der Waals surface area contributed by atoms with Gasteiger partial charge in [-0.05, 0) is 12.8 Å². The van der Waals surface area contributed by atoms with Crippen molar-refractivity contribution in [1.82, 2.24) is 15.5 Å². The molecule has 1 aliphatic rings. The summed E-state index contributed by atoms with van der Waals surface area (Å²) in [4.78, 5) is 24.4. The second-order valence-corrected chi connectivity index (χ2v) is 3.83. The van der Waals surface area contributed by atoms with Crippen molar-refractivity contribution < 1.29 is 9.59 Å². The van der Waals surface area contributed by atoms with E-state index in [2.05, 4.69) is 10.6 Å². The summed E-state index contributed by atoms with van der Waals surface area (Å²) in [5.74, 6) is 0.0393. The first-order valence-electron chi connectivity index (χ1n) is 5.40. The molecule has 5 nitrogen and oxygen atoms in total. The smallest absolute Gasteiger partial charge is 0.239 e. The van der Waals surface area contributed by atoms with Gasteiger partial charge in [0, 0.05) is 20.1 Å². The molecule has 1 rings (SSSR count).